The van der Waals surface area contributed by atoms with Gasteiger partial charge in [0, 0.05) is 0 Å². The Morgan fingerprint density at radius 1 is 1.42 bits per heavy atom. The summed E-state index contributed by atoms with van der Waals surface area (Å²) in [5, 5.41) is 19.3. The van der Waals surface area contributed by atoms with Crippen LogP contribution < -0.4 is 0 Å². The first kappa shape index (κ1) is 8.44. The van der Waals surface area contributed by atoms with Crippen molar-refractivity contribution >= 4 is 0 Å². The van der Waals surface area contributed by atoms with Crippen molar-refractivity contribution in [3.63, 3.8) is 0 Å². The molecule has 2 aliphatic rings. The van der Waals surface area contributed by atoms with Crippen molar-refractivity contribution in [2.45, 2.75) is 31.3 Å². The van der Waals surface area contributed by atoms with Crippen LogP contribution in [0.25, 0.3) is 0 Å². The molecule has 2 rings (SSSR count). The largest absolute Gasteiger partial charge is 0.384 e. The van der Waals surface area contributed by atoms with E-state index in [9.17, 15) is 10.2 Å². The molecule has 2 fully saturated rings. The first-order valence-electron chi connectivity index (χ1n) is 4.31. The summed E-state index contributed by atoms with van der Waals surface area (Å²) < 4.78 is 10.3. The summed E-state index contributed by atoms with van der Waals surface area (Å²) in [6.07, 6.45) is -0.122. The average Bonchev–Trinajstić information content (AvgIpc) is 2.51. The third kappa shape index (κ3) is 0.992. The molecular formula is C8H14O4. The summed E-state index contributed by atoms with van der Waals surface area (Å²) in [5.74, 6) is -0.262. The van der Waals surface area contributed by atoms with Crippen molar-refractivity contribution in [1.29, 1.82) is 0 Å². The van der Waals surface area contributed by atoms with Crippen molar-refractivity contribution in [1.82, 2.24) is 0 Å². The predicted molar refractivity (Wildman–Crippen MR) is 40.4 cm³/mol. The molecule has 0 aliphatic carbocycles. The van der Waals surface area contributed by atoms with Gasteiger partial charge in [-0.15, -0.1) is 0 Å². The predicted octanol–water partition coefficient (Wildman–Crippen LogP) is -0.509. The van der Waals surface area contributed by atoms with E-state index >= 15 is 0 Å². The first-order valence-corrected chi connectivity index (χ1v) is 4.31. The second-order valence-corrected chi connectivity index (χ2v) is 3.59. The Balaban J connectivity index is 2.18. The zero-order valence-corrected chi connectivity index (χ0v) is 7.06. The number of aliphatic hydroxyl groups excluding tert-OH is 1. The number of hydrogen-bond donors (Lipinski definition) is 2. The number of fused-ring (bicyclic) bond motifs is 1. The van der Waals surface area contributed by atoms with E-state index in [0.29, 0.717) is 0 Å². The normalized spacial score (nSPS) is 52.8. The van der Waals surface area contributed by atoms with Gasteiger partial charge in [0.2, 0.25) is 0 Å². The lowest BCUT2D eigenvalue weighted by Crippen LogP contribution is -2.40. The molecule has 0 amide bonds. The Bertz CT molecular complexity index is 184. The van der Waals surface area contributed by atoms with Crippen LogP contribution in [-0.2, 0) is 9.47 Å². The Kier molecular flexibility index (Phi) is 1.88. The standard InChI is InChI=1S/C8H14O4/c1-2-5-6-7(9)12-4-8(6,10)3-11-5/h5-7,9-10H,2-4H2,1H3/t5-,6+,7?,8+/m0/s1. The minimum atomic E-state index is -0.944. The van der Waals surface area contributed by atoms with Gasteiger partial charge in [-0.05, 0) is 6.42 Å². The molecule has 0 radical (unpaired) electrons. The van der Waals surface area contributed by atoms with Crippen LogP contribution in [0.15, 0.2) is 0 Å². The molecule has 70 valence electrons. The molecule has 1 unspecified atom stereocenters. The van der Waals surface area contributed by atoms with Crippen LogP contribution in [0, 0.1) is 5.92 Å². The molecule has 4 nitrogen and oxygen atoms in total. The molecule has 4 atom stereocenters. The van der Waals surface area contributed by atoms with E-state index < -0.39 is 11.9 Å². The minimum Gasteiger partial charge on any atom is -0.384 e. The Morgan fingerprint density at radius 2 is 2.08 bits per heavy atom. The summed E-state index contributed by atoms with van der Waals surface area (Å²) in [6, 6.07) is 0. The molecule has 2 aliphatic heterocycles. The van der Waals surface area contributed by atoms with Gasteiger partial charge in [0.15, 0.2) is 6.29 Å². The van der Waals surface area contributed by atoms with Gasteiger partial charge in [0.1, 0.15) is 5.60 Å². The van der Waals surface area contributed by atoms with Gasteiger partial charge in [-0.1, -0.05) is 6.92 Å². The van der Waals surface area contributed by atoms with Crippen molar-refractivity contribution in [2.24, 2.45) is 5.92 Å². The summed E-state index contributed by atoms with van der Waals surface area (Å²) in [5.41, 5.74) is -0.944. The topological polar surface area (TPSA) is 58.9 Å². The Labute approximate surface area is 71.1 Å². The van der Waals surface area contributed by atoms with Crippen LogP contribution in [0.2, 0.25) is 0 Å². The van der Waals surface area contributed by atoms with E-state index in [-0.39, 0.29) is 25.2 Å². The van der Waals surface area contributed by atoms with Crippen molar-refractivity contribution in [3.05, 3.63) is 0 Å². The van der Waals surface area contributed by atoms with Crippen molar-refractivity contribution in [3.8, 4) is 0 Å². The van der Waals surface area contributed by atoms with Gasteiger partial charge in [-0.2, -0.15) is 0 Å². The van der Waals surface area contributed by atoms with Crippen LogP contribution in [0.1, 0.15) is 13.3 Å². The molecule has 2 N–H and O–H groups in total. The third-order valence-electron chi connectivity index (χ3n) is 2.78. The van der Waals surface area contributed by atoms with Crippen LogP contribution in [-0.4, -0.2) is 41.4 Å². The molecule has 2 saturated heterocycles. The maximum absolute atomic E-state index is 9.89. The highest BCUT2D eigenvalue weighted by atomic mass is 16.6. The van der Waals surface area contributed by atoms with E-state index in [1.165, 1.54) is 0 Å². The van der Waals surface area contributed by atoms with Gasteiger partial charge in [0.25, 0.3) is 0 Å². The summed E-state index contributed by atoms with van der Waals surface area (Å²) in [7, 11) is 0. The van der Waals surface area contributed by atoms with E-state index in [2.05, 4.69) is 0 Å². The Morgan fingerprint density at radius 3 is 2.75 bits per heavy atom. The molecule has 0 aromatic carbocycles. The monoisotopic (exact) mass is 174 g/mol. The van der Waals surface area contributed by atoms with Gasteiger partial charge in [-0.25, -0.2) is 0 Å². The highest BCUT2D eigenvalue weighted by Crippen LogP contribution is 2.40. The van der Waals surface area contributed by atoms with Gasteiger partial charge < -0.3 is 19.7 Å². The number of ether oxygens (including phenoxy) is 2. The molecule has 0 spiro atoms. The molecule has 2 heterocycles. The maximum Gasteiger partial charge on any atom is 0.162 e. The zero-order valence-electron chi connectivity index (χ0n) is 7.06. The van der Waals surface area contributed by atoms with Crippen LogP contribution in [0.3, 0.4) is 0 Å². The molecule has 12 heavy (non-hydrogen) atoms. The number of hydrogen-bond acceptors (Lipinski definition) is 4. The van der Waals surface area contributed by atoms with Crippen molar-refractivity contribution in [2.75, 3.05) is 13.2 Å². The van der Waals surface area contributed by atoms with Crippen LogP contribution >= 0.6 is 0 Å². The highest BCUT2D eigenvalue weighted by molar-refractivity contribution is 5.01. The van der Waals surface area contributed by atoms with E-state index in [4.69, 9.17) is 9.47 Å². The maximum atomic E-state index is 9.89. The zero-order chi connectivity index (χ0) is 8.77. The van der Waals surface area contributed by atoms with Crippen molar-refractivity contribution < 1.29 is 19.7 Å². The van der Waals surface area contributed by atoms with Gasteiger partial charge >= 0.3 is 0 Å². The number of aliphatic hydroxyl groups is 2. The molecule has 0 aromatic heterocycles. The minimum absolute atomic E-state index is 0.0625. The molecule has 0 saturated carbocycles. The SMILES string of the molecule is CC[C@@H]1OC[C@@]2(O)COC(O)[C@@H]12. The molecule has 0 aromatic rings. The molecule has 0 bridgehead atoms. The smallest absolute Gasteiger partial charge is 0.162 e. The first-order chi connectivity index (χ1) is 5.67. The van der Waals surface area contributed by atoms with E-state index in [1.807, 2.05) is 6.92 Å². The van der Waals surface area contributed by atoms with E-state index in [1.54, 1.807) is 0 Å². The van der Waals surface area contributed by atoms with E-state index in [0.717, 1.165) is 6.42 Å². The second kappa shape index (κ2) is 2.67. The van der Waals surface area contributed by atoms with Crippen LogP contribution in [0.5, 0.6) is 0 Å². The van der Waals surface area contributed by atoms with Gasteiger partial charge in [0.05, 0.1) is 25.2 Å². The second-order valence-electron chi connectivity index (χ2n) is 3.59. The fraction of sp³-hybridized carbons (Fsp3) is 1.00. The lowest BCUT2D eigenvalue weighted by molar-refractivity contribution is -0.108. The fourth-order valence-electron chi connectivity index (χ4n) is 2.09. The lowest BCUT2D eigenvalue weighted by atomic mass is 9.88. The van der Waals surface area contributed by atoms with Gasteiger partial charge in [-0.3, -0.25) is 0 Å². The fourth-order valence-corrected chi connectivity index (χ4v) is 2.09. The Hall–Kier alpha value is -0.160. The quantitative estimate of drug-likeness (QED) is 0.562. The summed E-state index contributed by atoms with van der Waals surface area (Å²) in [4.78, 5) is 0. The molecule has 4 heteroatoms. The third-order valence-corrected chi connectivity index (χ3v) is 2.78. The summed E-state index contributed by atoms with van der Waals surface area (Å²) >= 11 is 0. The molecular weight excluding hydrogens is 160 g/mol. The lowest BCUT2D eigenvalue weighted by Gasteiger charge is -2.21. The van der Waals surface area contributed by atoms with Crippen LogP contribution in [0.4, 0.5) is 0 Å². The number of rotatable bonds is 1. The average molecular weight is 174 g/mol. The highest BCUT2D eigenvalue weighted by Gasteiger charge is 2.56. The summed E-state index contributed by atoms with van der Waals surface area (Å²) in [6.45, 7) is 2.45.